The molecule has 1 atom stereocenters. The van der Waals surface area contributed by atoms with E-state index < -0.39 is 0 Å². The van der Waals surface area contributed by atoms with Crippen LogP contribution in [0.5, 0.6) is 0 Å². The number of hydrogen-bond acceptors (Lipinski definition) is 2. The van der Waals surface area contributed by atoms with Gasteiger partial charge in [0.1, 0.15) is 0 Å². The molecule has 1 aromatic heterocycles. The fraction of sp³-hybridized carbons (Fsp3) is 0.312. The van der Waals surface area contributed by atoms with Gasteiger partial charge < -0.3 is 5.32 Å². The minimum atomic E-state index is -0.0196. The third kappa shape index (κ3) is 3.24. The summed E-state index contributed by atoms with van der Waals surface area (Å²) in [6, 6.07) is 11.9. The van der Waals surface area contributed by atoms with Gasteiger partial charge in [0.2, 0.25) is 0 Å². The normalized spacial score (nSPS) is 12.2. The molecule has 0 saturated heterocycles. The number of para-hydroxylation sites is 1. The topological polar surface area (TPSA) is 29.1 Å². The standard InChI is InChI=1S/C16H19NOS/c1-4-11(2)13-7-5-6-8-14(13)17-16(18)15-10-9-12(3)19-15/h5-11H,4H2,1-3H3,(H,17,18)/t11-/m0/s1. The van der Waals surface area contributed by atoms with Gasteiger partial charge in [0.15, 0.2) is 0 Å². The van der Waals surface area contributed by atoms with E-state index in [2.05, 4.69) is 25.2 Å². The van der Waals surface area contributed by atoms with Gasteiger partial charge in [0.25, 0.3) is 5.91 Å². The number of rotatable bonds is 4. The first-order chi connectivity index (χ1) is 9.11. The number of thiophene rings is 1. The number of amides is 1. The number of hydrogen-bond donors (Lipinski definition) is 1. The second kappa shape index (κ2) is 6.02. The summed E-state index contributed by atoms with van der Waals surface area (Å²) in [6.45, 7) is 6.35. The zero-order valence-corrected chi connectivity index (χ0v) is 12.4. The van der Waals surface area contributed by atoms with Crippen LogP contribution in [0.4, 0.5) is 5.69 Å². The van der Waals surface area contributed by atoms with Crippen LogP contribution in [0.3, 0.4) is 0 Å². The van der Waals surface area contributed by atoms with Crippen LogP contribution in [0, 0.1) is 6.92 Å². The Bertz CT molecular complexity index is 574. The van der Waals surface area contributed by atoms with Crippen molar-refractivity contribution in [3.63, 3.8) is 0 Å². The van der Waals surface area contributed by atoms with Crippen molar-refractivity contribution >= 4 is 22.9 Å². The first-order valence-electron chi connectivity index (χ1n) is 6.58. The number of aryl methyl sites for hydroxylation is 1. The average Bonchev–Trinajstić information content (AvgIpc) is 2.85. The van der Waals surface area contributed by atoms with Gasteiger partial charge in [-0.05, 0) is 43.0 Å². The van der Waals surface area contributed by atoms with E-state index in [-0.39, 0.29) is 5.91 Å². The van der Waals surface area contributed by atoms with Crippen LogP contribution in [-0.4, -0.2) is 5.91 Å². The Hall–Kier alpha value is -1.61. The molecule has 0 radical (unpaired) electrons. The van der Waals surface area contributed by atoms with Crippen LogP contribution in [0.1, 0.15) is 46.3 Å². The van der Waals surface area contributed by atoms with Crippen molar-refractivity contribution in [1.29, 1.82) is 0 Å². The maximum absolute atomic E-state index is 12.2. The third-order valence-electron chi connectivity index (χ3n) is 3.32. The van der Waals surface area contributed by atoms with Crippen molar-refractivity contribution in [2.24, 2.45) is 0 Å². The minimum absolute atomic E-state index is 0.0196. The summed E-state index contributed by atoms with van der Waals surface area (Å²) < 4.78 is 0. The van der Waals surface area contributed by atoms with Gasteiger partial charge in [-0.15, -0.1) is 11.3 Å². The van der Waals surface area contributed by atoms with Crippen LogP contribution < -0.4 is 5.32 Å². The van der Waals surface area contributed by atoms with Gasteiger partial charge in [-0.3, -0.25) is 4.79 Å². The molecule has 0 saturated carbocycles. The maximum atomic E-state index is 12.2. The fourth-order valence-corrected chi connectivity index (χ4v) is 2.76. The molecular weight excluding hydrogens is 254 g/mol. The number of benzene rings is 1. The highest BCUT2D eigenvalue weighted by atomic mass is 32.1. The molecule has 0 aliphatic rings. The molecule has 2 aromatic rings. The van der Waals surface area contributed by atoms with Gasteiger partial charge in [0, 0.05) is 10.6 Å². The smallest absolute Gasteiger partial charge is 0.265 e. The Morgan fingerprint density at radius 2 is 2.00 bits per heavy atom. The molecule has 0 unspecified atom stereocenters. The van der Waals surface area contributed by atoms with Crippen molar-refractivity contribution < 1.29 is 4.79 Å². The largest absolute Gasteiger partial charge is 0.321 e. The van der Waals surface area contributed by atoms with E-state index in [1.54, 1.807) is 0 Å². The van der Waals surface area contributed by atoms with Crippen molar-refractivity contribution in [3.05, 3.63) is 51.7 Å². The Kier molecular flexibility index (Phi) is 4.38. The van der Waals surface area contributed by atoms with Gasteiger partial charge in [-0.2, -0.15) is 0 Å². The lowest BCUT2D eigenvalue weighted by molar-refractivity contribution is 0.103. The summed E-state index contributed by atoms with van der Waals surface area (Å²) >= 11 is 1.52. The average molecular weight is 273 g/mol. The Morgan fingerprint density at radius 3 is 2.63 bits per heavy atom. The van der Waals surface area contributed by atoms with Crippen LogP contribution in [0.15, 0.2) is 36.4 Å². The van der Waals surface area contributed by atoms with Crippen LogP contribution >= 0.6 is 11.3 Å². The SMILES string of the molecule is CC[C@H](C)c1ccccc1NC(=O)c1ccc(C)s1. The monoisotopic (exact) mass is 273 g/mol. The molecule has 0 fully saturated rings. The predicted molar refractivity (Wildman–Crippen MR) is 82.2 cm³/mol. The lowest BCUT2D eigenvalue weighted by atomic mass is 9.97. The van der Waals surface area contributed by atoms with Gasteiger partial charge in [0.05, 0.1) is 4.88 Å². The fourth-order valence-electron chi connectivity index (χ4n) is 2.00. The first kappa shape index (κ1) is 13.8. The van der Waals surface area contributed by atoms with Crippen LogP contribution in [-0.2, 0) is 0 Å². The van der Waals surface area contributed by atoms with Gasteiger partial charge >= 0.3 is 0 Å². The highest BCUT2D eigenvalue weighted by molar-refractivity contribution is 7.14. The van der Waals surface area contributed by atoms with Crippen molar-refractivity contribution in [1.82, 2.24) is 0 Å². The zero-order chi connectivity index (χ0) is 13.8. The van der Waals surface area contributed by atoms with Crippen molar-refractivity contribution in [2.75, 3.05) is 5.32 Å². The van der Waals surface area contributed by atoms with E-state index in [0.717, 1.165) is 21.9 Å². The summed E-state index contributed by atoms with van der Waals surface area (Å²) in [5.74, 6) is 0.426. The minimum Gasteiger partial charge on any atom is -0.321 e. The quantitative estimate of drug-likeness (QED) is 0.850. The molecule has 0 bridgehead atoms. The molecule has 3 heteroatoms. The molecular formula is C16H19NOS. The maximum Gasteiger partial charge on any atom is 0.265 e. The second-order valence-electron chi connectivity index (χ2n) is 4.76. The lowest BCUT2D eigenvalue weighted by Gasteiger charge is -2.15. The Balaban J connectivity index is 2.21. The summed E-state index contributed by atoms with van der Waals surface area (Å²) in [5.41, 5.74) is 2.12. The number of carbonyl (C=O) groups excluding carboxylic acids is 1. The summed E-state index contributed by atoms with van der Waals surface area (Å²) in [4.78, 5) is 14.1. The van der Waals surface area contributed by atoms with E-state index >= 15 is 0 Å². The molecule has 0 aliphatic carbocycles. The zero-order valence-electron chi connectivity index (χ0n) is 11.6. The first-order valence-corrected chi connectivity index (χ1v) is 7.40. The highest BCUT2D eigenvalue weighted by Crippen LogP contribution is 2.27. The molecule has 1 amide bonds. The molecule has 1 aromatic carbocycles. The summed E-state index contributed by atoms with van der Waals surface area (Å²) in [7, 11) is 0. The Labute approximate surface area is 118 Å². The van der Waals surface area contributed by atoms with Crippen molar-refractivity contribution in [2.45, 2.75) is 33.1 Å². The number of nitrogens with one attached hydrogen (secondary N) is 1. The van der Waals surface area contributed by atoms with Crippen molar-refractivity contribution in [3.8, 4) is 0 Å². The summed E-state index contributed by atoms with van der Waals surface area (Å²) in [5, 5.41) is 3.03. The van der Waals surface area contributed by atoms with Crippen LogP contribution in [0.2, 0.25) is 0 Å². The molecule has 1 heterocycles. The van der Waals surface area contributed by atoms with Crippen LogP contribution in [0.25, 0.3) is 0 Å². The van der Waals surface area contributed by atoms with E-state index in [1.807, 2.05) is 37.3 Å². The van der Waals surface area contributed by atoms with E-state index in [1.165, 1.54) is 16.9 Å². The van der Waals surface area contributed by atoms with E-state index in [9.17, 15) is 4.79 Å². The van der Waals surface area contributed by atoms with Gasteiger partial charge in [-0.25, -0.2) is 0 Å². The number of carbonyl (C=O) groups is 1. The van der Waals surface area contributed by atoms with E-state index in [0.29, 0.717) is 5.92 Å². The molecule has 2 rings (SSSR count). The summed E-state index contributed by atoms with van der Waals surface area (Å²) in [6.07, 6.45) is 1.06. The molecule has 100 valence electrons. The molecule has 1 N–H and O–H groups in total. The third-order valence-corrected chi connectivity index (χ3v) is 4.32. The molecule has 0 spiro atoms. The Morgan fingerprint density at radius 1 is 1.26 bits per heavy atom. The molecule has 2 nitrogen and oxygen atoms in total. The molecule has 19 heavy (non-hydrogen) atoms. The lowest BCUT2D eigenvalue weighted by Crippen LogP contribution is -2.12. The highest BCUT2D eigenvalue weighted by Gasteiger charge is 2.13. The molecule has 0 aliphatic heterocycles. The van der Waals surface area contributed by atoms with Gasteiger partial charge in [-0.1, -0.05) is 32.0 Å². The number of anilines is 1. The second-order valence-corrected chi connectivity index (χ2v) is 6.05. The van der Waals surface area contributed by atoms with E-state index in [4.69, 9.17) is 0 Å². The predicted octanol–water partition coefficient (Wildman–Crippen LogP) is 4.82.